The quantitative estimate of drug-likeness (QED) is 0.0798. The van der Waals surface area contributed by atoms with Crippen molar-refractivity contribution in [2.45, 2.75) is 76.2 Å². The van der Waals surface area contributed by atoms with Gasteiger partial charge in [-0.2, -0.15) is 0 Å². The zero-order chi connectivity index (χ0) is 35.0. The molecule has 48 heavy (non-hydrogen) atoms. The van der Waals surface area contributed by atoms with E-state index in [1.165, 1.54) is 0 Å². The highest BCUT2D eigenvalue weighted by molar-refractivity contribution is 7.56. The van der Waals surface area contributed by atoms with Crippen LogP contribution < -0.4 is 18.9 Å². The van der Waals surface area contributed by atoms with Crippen molar-refractivity contribution >= 4 is 22.3 Å². The first-order chi connectivity index (χ1) is 22.9. The first-order valence-electron chi connectivity index (χ1n) is 16.2. The molecule has 7 heteroatoms. The van der Waals surface area contributed by atoms with Crippen molar-refractivity contribution in [3.8, 4) is 28.4 Å². The minimum absolute atomic E-state index is 0.680. The van der Waals surface area contributed by atoms with Gasteiger partial charge in [0, 0.05) is 11.1 Å². The van der Waals surface area contributed by atoms with E-state index in [9.17, 15) is 0 Å². The molecule has 0 amide bonds. The van der Waals surface area contributed by atoms with E-state index >= 15 is 0 Å². The fraction of sp³-hybridized carbons (Fsp3) is 0.268. The molecule has 4 rings (SSSR count). The third kappa shape index (κ3) is 9.31. The van der Waals surface area contributed by atoms with E-state index in [-0.39, 0.29) is 0 Å². The standard InChI is InChI=1S/C41H48O5P2/c1-12-18-37(27(3)4)43-47(39-22-17-15-20-31(39)8)45-40-32(9)23-28(5)25-35(40)36-26-29(6)24-33(10)41(36)46-48(42-34(11)13-2)44-38-21-16-14-19-30(38)7/h12-26H,1-11H3/b18-12-,34-13+. The van der Waals surface area contributed by atoms with Crippen LogP contribution in [0.15, 0.2) is 108 Å². The van der Waals surface area contributed by atoms with Gasteiger partial charge in [0.25, 0.3) is 0 Å². The van der Waals surface area contributed by atoms with Gasteiger partial charge in [-0.05, 0) is 152 Å². The van der Waals surface area contributed by atoms with Gasteiger partial charge in [0.05, 0.1) is 5.30 Å². The number of aryl methyl sites for hydroxylation is 6. The van der Waals surface area contributed by atoms with Crippen LogP contribution in [0.3, 0.4) is 0 Å². The first-order valence-corrected chi connectivity index (χ1v) is 18.5. The summed E-state index contributed by atoms with van der Waals surface area (Å²) in [7, 11) is -3.42. The molecule has 0 radical (unpaired) electrons. The smallest absolute Gasteiger partial charge is 0.435 e. The summed E-state index contributed by atoms with van der Waals surface area (Å²) in [5.74, 6) is 3.65. The Balaban J connectivity index is 1.89. The third-order valence-corrected chi connectivity index (χ3v) is 10.4. The predicted molar refractivity (Wildman–Crippen MR) is 203 cm³/mol. The molecule has 0 spiro atoms. The Hall–Kier alpha value is -4.04. The molecule has 0 N–H and O–H groups in total. The number of rotatable bonds is 13. The second kappa shape index (κ2) is 16.9. The van der Waals surface area contributed by atoms with Crippen LogP contribution in [0.2, 0.25) is 0 Å². The predicted octanol–water partition coefficient (Wildman–Crippen LogP) is 12.7. The average Bonchev–Trinajstić information content (AvgIpc) is 3.03. The normalized spacial score (nSPS) is 12.8. The van der Waals surface area contributed by atoms with Gasteiger partial charge in [-0.15, -0.1) is 0 Å². The second-order valence-corrected chi connectivity index (χ2v) is 14.5. The number of benzene rings is 4. The monoisotopic (exact) mass is 682 g/mol. The maximum absolute atomic E-state index is 7.07. The minimum atomic E-state index is -1.86. The Morgan fingerprint density at radius 3 is 1.71 bits per heavy atom. The molecule has 0 aliphatic carbocycles. The molecular formula is C41H48O5P2. The molecule has 0 aliphatic heterocycles. The molecule has 0 heterocycles. The van der Waals surface area contributed by atoms with Crippen molar-refractivity contribution in [3.63, 3.8) is 0 Å². The van der Waals surface area contributed by atoms with Crippen molar-refractivity contribution in [3.05, 3.63) is 141 Å². The molecule has 0 aromatic heterocycles. The van der Waals surface area contributed by atoms with Crippen LogP contribution in [-0.2, 0) is 9.05 Å². The van der Waals surface area contributed by atoms with Gasteiger partial charge in [0.1, 0.15) is 28.8 Å². The van der Waals surface area contributed by atoms with Gasteiger partial charge in [0.2, 0.25) is 0 Å². The van der Waals surface area contributed by atoms with E-state index in [0.717, 1.165) is 66.9 Å². The Labute approximate surface area is 290 Å². The van der Waals surface area contributed by atoms with Gasteiger partial charge in [0.15, 0.2) is 0 Å². The van der Waals surface area contributed by atoms with Crippen molar-refractivity contribution in [1.29, 1.82) is 0 Å². The molecule has 5 nitrogen and oxygen atoms in total. The Morgan fingerprint density at radius 1 is 0.604 bits per heavy atom. The highest BCUT2D eigenvalue weighted by atomic mass is 31.2. The number of hydrogen-bond donors (Lipinski definition) is 0. The van der Waals surface area contributed by atoms with Crippen molar-refractivity contribution in [2.24, 2.45) is 0 Å². The van der Waals surface area contributed by atoms with Crippen LogP contribution in [-0.4, -0.2) is 0 Å². The molecule has 2 atom stereocenters. The summed E-state index contributed by atoms with van der Waals surface area (Å²) in [6, 6.07) is 24.7. The molecular weight excluding hydrogens is 634 g/mol. The van der Waals surface area contributed by atoms with Crippen molar-refractivity contribution in [2.75, 3.05) is 0 Å². The lowest BCUT2D eigenvalue weighted by Crippen LogP contribution is -2.12. The highest BCUT2D eigenvalue weighted by Crippen LogP contribution is 2.52. The zero-order valence-electron chi connectivity index (χ0n) is 30.1. The van der Waals surface area contributed by atoms with E-state index in [1.807, 2.05) is 82.3 Å². The van der Waals surface area contributed by atoms with Gasteiger partial charge >= 0.3 is 17.0 Å². The maximum Gasteiger partial charge on any atom is 0.529 e. The van der Waals surface area contributed by atoms with Gasteiger partial charge in [-0.25, -0.2) is 0 Å². The van der Waals surface area contributed by atoms with Crippen LogP contribution in [0.4, 0.5) is 0 Å². The molecule has 252 valence electrons. The largest absolute Gasteiger partial charge is 0.529 e. The molecule has 0 bridgehead atoms. The molecule has 4 aromatic rings. The van der Waals surface area contributed by atoms with E-state index in [4.69, 9.17) is 22.6 Å². The summed E-state index contributed by atoms with van der Waals surface area (Å²) in [6.45, 7) is 22.4. The Bertz CT molecular complexity index is 1840. The first kappa shape index (κ1) is 36.8. The fourth-order valence-corrected chi connectivity index (χ4v) is 7.93. The topological polar surface area (TPSA) is 46.2 Å². The minimum Gasteiger partial charge on any atom is -0.435 e. The molecule has 0 aliphatic rings. The summed E-state index contributed by atoms with van der Waals surface area (Å²) in [5, 5.41) is 1.02. The molecule has 0 saturated carbocycles. The third-order valence-electron chi connectivity index (χ3n) is 7.66. The summed E-state index contributed by atoms with van der Waals surface area (Å²) in [5.41, 5.74) is 9.17. The Morgan fingerprint density at radius 2 is 1.17 bits per heavy atom. The lowest BCUT2D eigenvalue weighted by Gasteiger charge is -2.26. The van der Waals surface area contributed by atoms with E-state index in [2.05, 4.69) is 84.9 Å². The second-order valence-electron chi connectivity index (χ2n) is 12.2. The number of allylic oxidation sites excluding steroid dienone is 5. The average molecular weight is 683 g/mol. The van der Waals surface area contributed by atoms with Crippen LogP contribution in [0.5, 0.6) is 17.2 Å². The lowest BCUT2D eigenvalue weighted by atomic mass is 9.95. The Kier molecular flexibility index (Phi) is 12.9. The molecule has 2 unspecified atom stereocenters. The zero-order valence-corrected chi connectivity index (χ0v) is 31.9. The van der Waals surface area contributed by atoms with Gasteiger partial charge < -0.3 is 22.6 Å². The van der Waals surface area contributed by atoms with Crippen LogP contribution in [0, 0.1) is 41.5 Å². The summed E-state index contributed by atoms with van der Waals surface area (Å²) < 4.78 is 33.3. The summed E-state index contributed by atoms with van der Waals surface area (Å²) in [4.78, 5) is 0. The maximum atomic E-state index is 7.07. The number of para-hydroxylation sites is 1. The molecule has 0 saturated heterocycles. The number of hydrogen-bond acceptors (Lipinski definition) is 5. The van der Waals surface area contributed by atoms with Crippen LogP contribution in [0.1, 0.15) is 68.0 Å². The van der Waals surface area contributed by atoms with Gasteiger partial charge in [-0.3, -0.25) is 0 Å². The van der Waals surface area contributed by atoms with E-state index in [1.54, 1.807) is 0 Å². The SMILES string of the molecule is C/C=C\C(OP(Oc1c(C)cc(C)cc1-c1cc(C)cc(C)c1OP(O/C(C)=C/C)Oc1ccccc1C)c1ccccc1C)=C(C)C. The highest BCUT2D eigenvalue weighted by Gasteiger charge is 2.28. The van der Waals surface area contributed by atoms with E-state index in [0.29, 0.717) is 17.3 Å². The summed E-state index contributed by atoms with van der Waals surface area (Å²) >= 11 is 0. The van der Waals surface area contributed by atoms with E-state index < -0.39 is 17.0 Å². The lowest BCUT2D eigenvalue weighted by molar-refractivity contribution is 0.330. The van der Waals surface area contributed by atoms with Crippen molar-refractivity contribution < 1.29 is 22.6 Å². The summed E-state index contributed by atoms with van der Waals surface area (Å²) in [6.07, 6.45) is 5.89. The van der Waals surface area contributed by atoms with Crippen LogP contribution in [0.25, 0.3) is 11.1 Å². The van der Waals surface area contributed by atoms with Crippen molar-refractivity contribution in [1.82, 2.24) is 0 Å². The molecule has 4 aromatic carbocycles. The molecule has 0 fully saturated rings. The van der Waals surface area contributed by atoms with Crippen LogP contribution >= 0.6 is 17.0 Å². The fourth-order valence-electron chi connectivity index (χ4n) is 5.09. The van der Waals surface area contributed by atoms with Gasteiger partial charge in [-0.1, -0.05) is 54.6 Å².